The first-order valence-electron chi connectivity index (χ1n) is 7.19. The summed E-state index contributed by atoms with van der Waals surface area (Å²) in [6.07, 6.45) is 0. The first kappa shape index (κ1) is 14.7. The fourth-order valence-electron chi connectivity index (χ4n) is 2.51. The summed E-state index contributed by atoms with van der Waals surface area (Å²) < 4.78 is 5.13. The predicted molar refractivity (Wildman–Crippen MR) is 81.1 cm³/mol. The maximum Gasteiger partial charge on any atom is 0.340 e. The van der Waals surface area contributed by atoms with Gasteiger partial charge in [0.2, 0.25) is 0 Å². The zero-order valence-corrected chi connectivity index (χ0v) is 12.3. The molecule has 0 aromatic heterocycles. The summed E-state index contributed by atoms with van der Waals surface area (Å²) in [4.78, 5) is 16.7. The number of nitrogens with zero attached hydrogens (tertiary/aromatic N) is 2. The highest BCUT2D eigenvalue weighted by molar-refractivity contribution is 5.97. The molecular weight excluding hydrogens is 254 g/mol. The monoisotopic (exact) mass is 277 g/mol. The predicted octanol–water partition coefficient (Wildman–Crippen LogP) is 1.59. The second kappa shape index (κ2) is 6.61. The van der Waals surface area contributed by atoms with Crippen molar-refractivity contribution in [1.82, 2.24) is 4.90 Å². The Hall–Kier alpha value is -1.75. The van der Waals surface area contributed by atoms with Gasteiger partial charge in [0.1, 0.15) is 0 Å². The molecule has 0 aliphatic carbocycles. The molecule has 0 amide bonds. The second-order valence-electron chi connectivity index (χ2n) is 4.92. The highest BCUT2D eigenvalue weighted by atomic mass is 16.5. The fourth-order valence-corrected chi connectivity index (χ4v) is 2.51. The van der Waals surface area contributed by atoms with E-state index in [0.717, 1.165) is 38.4 Å². The van der Waals surface area contributed by atoms with Crippen LogP contribution in [0.25, 0.3) is 0 Å². The minimum absolute atomic E-state index is 0.298. The van der Waals surface area contributed by atoms with Crippen molar-refractivity contribution in [1.29, 1.82) is 0 Å². The Kier molecular flexibility index (Phi) is 4.84. The molecule has 0 unspecified atom stereocenters. The van der Waals surface area contributed by atoms with E-state index in [1.807, 2.05) is 19.1 Å². The van der Waals surface area contributed by atoms with Gasteiger partial charge in [0, 0.05) is 31.9 Å². The zero-order valence-electron chi connectivity index (χ0n) is 12.3. The number of likely N-dealkylation sites (N-methyl/N-ethyl adjacent to an activating group) is 1. The van der Waals surface area contributed by atoms with E-state index in [1.54, 1.807) is 6.07 Å². The number of esters is 1. The summed E-state index contributed by atoms with van der Waals surface area (Å²) in [6.45, 7) is 9.30. The summed E-state index contributed by atoms with van der Waals surface area (Å²) in [5.74, 6) is -0.298. The van der Waals surface area contributed by atoms with Gasteiger partial charge >= 0.3 is 5.97 Å². The van der Waals surface area contributed by atoms with Gasteiger partial charge in [0.05, 0.1) is 17.9 Å². The lowest BCUT2D eigenvalue weighted by atomic mass is 10.1. The van der Waals surface area contributed by atoms with Gasteiger partial charge in [0.15, 0.2) is 0 Å². The van der Waals surface area contributed by atoms with Crippen molar-refractivity contribution < 1.29 is 9.53 Å². The fraction of sp³-hybridized carbons (Fsp3) is 0.533. The lowest BCUT2D eigenvalue weighted by Crippen LogP contribution is -2.46. The van der Waals surface area contributed by atoms with Crippen LogP contribution in [0.1, 0.15) is 24.2 Å². The van der Waals surface area contributed by atoms with Gasteiger partial charge in [0.25, 0.3) is 0 Å². The Morgan fingerprint density at radius 2 is 1.95 bits per heavy atom. The number of hydrogen-bond acceptors (Lipinski definition) is 5. The van der Waals surface area contributed by atoms with Crippen LogP contribution >= 0.6 is 0 Å². The van der Waals surface area contributed by atoms with Gasteiger partial charge in [-0.1, -0.05) is 6.92 Å². The smallest absolute Gasteiger partial charge is 0.340 e. The number of benzene rings is 1. The standard InChI is InChI=1S/C15H23N3O2/c1-3-17-7-9-18(10-8-17)14-6-5-12(16)11-13(14)15(19)20-4-2/h5-6,11H,3-4,7-10,16H2,1-2H3. The number of piperazine rings is 1. The molecule has 2 N–H and O–H groups in total. The molecule has 2 rings (SSSR count). The molecule has 0 bridgehead atoms. The first-order chi connectivity index (χ1) is 9.65. The van der Waals surface area contributed by atoms with E-state index in [1.165, 1.54) is 0 Å². The Balaban J connectivity index is 2.21. The topological polar surface area (TPSA) is 58.8 Å². The molecule has 20 heavy (non-hydrogen) atoms. The second-order valence-corrected chi connectivity index (χ2v) is 4.92. The lowest BCUT2D eigenvalue weighted by molar-refractivity contribution is 0.0527. The first-order valence-corrected chi connectivity index (χ1v) is 7.19. The number of nitrogens with two attached hydrogens (primary N) is 1. The summed E-state index contributed by atoms with van der Waals surface area (Å²) in [6, 6.07) is 5.47. The van der Waals surface area contributed by atoms with Crippen LogP contribution in [-0.4, -0.2) is 50.2 Å². The molecule has 1 aromatic rings. The minimum atomic E-state index is -0.298. The number of carbonyl (C=O) groups excluding carboxylic acids is 1. The van der Waals surface area contributed by atoms with E-state index < -0.39 is 0 Å². The van der Waals surface area contributed by atoms with Crippen LogP contribution in [-0.2, 0) is 4.74 Å². The molecule has 1 aromatic carbocycles. The average molecular weight is 277 g/mol. The van der Waals surface area contributed by atoms with Crippen molar-refractivity contribution in [2.45, 2.75) is 13.8 Å². The third-order valence-electron chi connectivity index (χ3n) is 3.68. The van der Waals surface area contributed by atoms with Gasteiger partial charge < -0.3 is 20.3 Å². The van der Waals surface area contributed by atoms with E-state index in [2.05, 4.69) is 16.7 Å². The molecule has 0 spiro atoms. The van der Waals surface area contributed by atoms with Crippen molar-refractivity contribution in [3.05, 3.63) is 23.8 Å². The van der Waals surface area contributed by atoms with E-state index in [9.17, 15) is 4.79 Å². The van der Waals surface area contributed by atoms with Gasteiger partial charge in [-0.3, -0.25) is 0 Å². The number of hydrogen-bond donors (Lipinski definition) is 1. The van der Waals surface area contributed by atoms with Gasteiger partial charge in [-0.05, 0) is 31.7 Å². The van der Waals surface area contributed by atoms with Gasteiger partial charge in [-0.25, -0.2) is 4.79 Å². The highest BCUT2D eigenvalue weighted by Crippen LogP contribution is 2.25. The van der Waals surface area contributed by atoms with Crippen LogP contribution in [0.3, 0.4) is 0 Å². The quantitative estimate of drug-likeness (QED) is 0.669. The minimum Gasteiger partial charge on any atom is -0.462 e. The van der Waals surface area contributed by atoms with Crippen LogP contribution in [0, 0.1) is 0 Å². The molecule has 5 nitrogen and oxygen atoms in total. The van der Waals surface area contributed by atoms with Crippen molar-refractivity contribution in [3.8, 4) is 0 Å². The molecule has 1 saturated heterocycles. The summed E-state index contributed by atoms with van der Waals surface area (Å²) in [7, 11) is 0. The van der Waals surface area contributed by atoms with Gasteiger partial charge in [-0.2, -0.15) is 0 Å². The highest BCUT2D eigenvalue weighted by Gasteiger charge is 2.21. The number of nitrogen functional groups attached to an aromatic ring is 1. The van der Waals surface area contributed by atoms with Gasteiger partial charge in [-0.15, -0.1) is 0 Å². The van der Waals surface area contributed by atoms with E-state index >= 15 is 0 Å². The normalized spacial score (nSPS) is 16.2. The molecule has 1 aliphatic rings. The Bertz CT molecular complexity index is 468. The molecule has 1 aliphatic heterocycles. The largest absolute Gasteiger partial charge is 0.462 e. The number of rotatable bonds is 4. The van der Waals surface area contributed by atoms with E-state index in [0.29, 0.717) is 17.9 Å². The molecular formula is C15H23N3O2. The SMILES string of the molecule is CCOC(=O)c1cc(N)ccc1N1CCN(CC)CC1. The van der Waals surface area contributed by atoms with Crippen molar-refractivity contribution in [3.63, 3.8) is 0 Å². The Morgan fingerprint density at radius 3 is 2.55 bits per heavy atom. The molecule has 0 saturated carbocycles. The third-order valence-corrected chi connectivity index (χ3v) is 3.68. The number of carbonyl (C=O) groups is 1. The van der Waals surface area contributed by atoms with Crippen LogP contribution in [0.15, 0.2) is 18.2 Å². The van der Waals surface area contributed by atoms with Crippen LogP contribution < -0.4 is 10.6 Å². The maximum absolute atomic E-state index is 12.1. The molecule has 5 heteroatoms. The molecule has 1 fully saturated rings. The summed E-state index contributed by atoms with van der Waals surface area (Å²) in [5.41, 5.74) is 7.88. The average Bonchev–Trinajstić information content (AvgIpc) is 2.47. The zero-order chi connectivity index (χ0) is 14.5. The van der Waals surface area contributed by atoms with Crippen molar-refractivity contribution >= 4 is 17.3 Å². The van der Waals surface area contributed by atoms with E-state index in [-0.39, 0.29) is 5.97 Å². The number of ether oxygens (including phenoxy) is 1. The summed E-state index contributed by atoms with van der Waals surface area (Å²) >= 11 is 0. The molecule has 0 radical (unpaired) electrons. The Labute approximate surface area is 120 Å². The molecule has 0 atom stereocenters. The van der Waals surface area contributed by atoms with Crippen LogP contribution in [0.5, 0.6) is 0 Å². The Morgan fingerprint density at radius 1 is 1.25 bits per heavy atom. The summed E-state index contributed by atoms with van der Waals surface area (Å²) in [5, 5.41) is 0. The van der Waals surface area contributed by atoms with Crippen molar-refractivity contribution in [2.75, 3.05) is 50.0 Å². The molecule has 110 valence electrons. The van der Waals surface area contributed by atoms with Crippen LogP contribution in [0.2, 0.25) is 0 Å². The third kappa shape index (κ3) is 3.22. The number of anilines is 2. The van der Waals surface area contributed by atoms with E-state index in [4.69, 9.17) is 10.5 Å². The maximum atomic E-state index is 12.1. The van der Waals surface area contributed by atoms with Crippen molar-refractivity contribution in [2.24, 2.45) is 0 Å². The molecule has 1 heterocycles. The van der Waals surface area contributed by atoms with Crippen LogP contribution in [0.4, 0.5) is 11.4 Å². The lowest BCUT2D eigenvalue weighted by Gasteiger charge is -2.36.